The SMILES string of the molecule is CCCCCCCCCCCCCCC(=O)C1C(=O)OC(CO)=C1O.[Na+]. The molecule has 1 rings (SSSR count). The molecule has 0 aliphatic carbocycles. The van der Waals surface area contributed by atoms with Crippen LogP contribution >= 0.6 is 0 Å². The fourth-order valence-electron chi connectivity index (χ4n) is 3.19. The van der Waals surface area contributed by atoms with Crippen LogP contribution in [-0.4, -0.2) is 28.6 Å². The van der Waals surface area contributed by atoms with E-state index in [4.69, 9.17) is 5.11 Å². The molecule has 0 fully saturated rings. The maximum absolute atomic E-state index is 12.0. The zero-order valence-corrected chi connectivity index (χ0v) is 18.6. The smallest absolute Gasteiger partial charge is 0.507 e. The number of esters is 1. The van der Waals surface area contributed by atoms with Gasteiger partial charge in [0.05, 0.1) is 0 Å². The van der Waals surface area contributed by atoms with E-state index < -0.39 is 24.3 Å². The molecule has 0 amide bonds. The monoisotopic (exact) mass is 377 g/mol. The van der Waals surface area contributed by atoms with Crippen LogP contribution in [0.2, 0.25) is 0 Å². The average Bonchev–Trinajstić information content (AvgIpc) is 2.89. The molecule has 1 unspecified atom stereocenters. The minimum absolute atomic E-state index is 0. The topological polar surface area (TPSA) is 83.8 Å². The molecule has 0 spiro atoms. The van der Waals surface area contributed by atoms with Crippen LogP contribution in [0.25, 0.3) is 0 Å². The summed E-state index contributed by atoms with van der Waals surface area (Å²) in [5.41, 5.74) is 0. The van der Waals surface area contributed by atoms with Crippen molar-refractivity contribution >= 4 is 11.8 Å². The van der Waals surface area contributed by atoms with Crippen LogP contribution < -0.4 is 29.6 Å². The number of ketones is 1. The van der Waals surface area contributed by atoms with E-state index in [9.17, 15) is 14.7 Å². The van der Waals surface area contributed by atoms with Gasteiger partial charge < -0.3 is 14.9 Å². The van der Waals surface area contributed by atoms with Crippen molar-refractivity contribution in [2.45, 2.75) is 90.4 Å². The fraction of sp³-hybridized carbons (Fsp3) is 0.800. The van der Waals surface area contributed by atoms with E-state index in [0.717, 1.165) is 19.3 Å². The number of carbonyl (C=O) groups is 2. The van der Waals surface area contributed by atoms with Gasteiger partial charge >= 0.3 is 35.5 Å². The Labute approximate surface area is 179 Å². The first-order valence-corrected chi connectivity index (χ1v) is 9.89. The van der Waals surface area contributed by atoms with Gasteiger partial charge in [-0.25, -0.2) is 0 Å². The number of rotatable bonds is 15. The molecule has 6 heteroatoms. The predicted octanol–water partition coefficient (Wildman–Crippen LogP) is 1.59. The molecule has 1 aliphatic heterocycles. The Balaban J connectivity index is 0.00000625. The molecule has 0 bridgehead atoms. The van der Waals surface area contributed by atoms with Crippen molar-refractivity contribution < 1.29 is 54.1 Å². The number of unbranched alkanes of at least 4 members (excludes halogenated alkanes) is 11. The van der Waals surface area contributed by atoms with E-state index in [1.54, 1.807) is 0 Å². The molecule has 144 valence electrons. The third-order valence-corrected chi connectivity index (χ3v) is 4.76. The summed E-state index contributed by atoms with van der Waals surface area (Å²) >= 11 is 0. The van der Waals surface area contributed by atoms with Gasteiger partial charge in [-0.1, -0.05) is 77.6 Å². The molecular weight excluding hydrogens is 343 g/mol. The number of hydrogen-bond acceptors (Lipinski definition) is 5. The van der Waals surface area contributed by atoms with Crippen LogP contribution in [0.4, 0.5) is 0 Å². The van der Waals surface area contributed by atoms with E-state index >= 15 is 0 Å². The number of cyclic esters (lactones) is 1. The first-order chi connectivity index (χ1) is 12.1. The second kappa shape index (κ2) is 15.7. The normalized spacial score (nSPS) is 16.5. The first-order valence-electron chi connectivity index (χ1n) is 9.89. The van der Waals surface area contributed by atoms with Crippen molar-refractivity contribution in [3.8, 4) is 0 Å². The van der Waals surface area contributed by atoms with Gasteiger partial charge in [-0.15, -0.1) is 0 Å². The molecule has 0 radical (unpaired) electrons. The number of aliphatic hydroxyl groups excluding tert-OH is 2. The van der Waals surface area contributed by atoms with Crippen molar-refractivity contribution in [2.75, 3.05) is 6.61 Å². The molecule has 5 nitrogen and oxygen atoms in total. The van der Waals surface area contributed by atoms with Gasteiger partial charge in [-0.2, -0.15) is 0 Å². The summed E-state index contributed by atoms with van der Waals surface area (Å²) in [7, 11) is 0. The summed E-state index contributed by atoms with van der Waals surface area (Å²) in [6, 6.07) is 0. The molecule has 2 N–H and O–H groups in total. The Morgan fingerprint density at radius 2 is 1.38 bits per heavy atom. The van der Waals surface area contributed by atoms with Crippen molar-refractivity contribution in [3.63, 3.8) is 0 Å². The van der Waals surface area contributed by atoms with E-state index in [-0.39, 0.29) is 47.5 Å². The second-order valence-corrected chi connectivity index (χ2v) is 6.93. The third-order valence-electron chi connectivity index (χ3n) is 4.76. The molecule has 1 aliphatic rings. The van der Waals surface area contributed by atoms with Crippen LogP contribution in [0.3, 0.4) is 0 Å². The Morgan fingerprint density at radius 3 is 1.81 bits per heavy atom. The Hall–Kier alpha value is -0.360. The molecule has 0 aromatic heterocycles. The molecule has 26 heavy (non-hydrogen) atoms. The largest absolute Gasteiger partial charge is 1.00 e. The summed E-state index contributed by atoms with van der Waals surface area (Å²) in [5, 5.41) is 18.7. The first kappa shape index (κ1) is 25.6. The minimum atomic E-state index is -1.23. The Bertz CT molecular complexity index is 447. The zero-order valence-electron chi connectivity index (χ0n) is 16.6. The summed E-state index contributed by atoms with van der Waals surface area (Å²) < 4.78 is 4.69. The van der Waals surface area contributed by atoms with Gasteiger partial charge in [0.1, 0.15) is 6.61 Å². The summed E-state index contributed by atoms with van der Waals surface area (Å²) in [4.78, 5) is 23.6. The van der Waals surface area contributed by atoms with Crippen LogP contribution in [0, 0.1) is 5.92 Å². The van der Waals surface area contributed by atoms with E-state index in [0.29, 0.717) is 0 Å². The van der Waals surface area contributed by atoms with Crippen LogP contribution in [0.1, 0.15) is 90.4 Å². The van der Waals surface area contributed by atoms with Gasteiger partial charge in [0.15, 0.2) is 23.2 Å². The second-order valence-electron chi connectivity index (χ2n) is 6.93. The third kappa shape index (κ3) is 9.54. The van der Waals surface area contributed by atoms with E-state index in [2.05, 4.69) is 11.7 Å². The molecule has 0 saturated heterocycles. The number of aliphatic hydroxyl groups is 2. The van der Waals surface area contributed by atoms with Gasteiger partial charge in [-0.3, -0.25) is 9.59 Å². The molecule has 1 atom stereocenters. The van der Waals surface area contributed by atoms with E-state index in [1.807, 2.05) is 0 Å². The van der Waals surface area contributed by atoms with Crippen molar-refractivity contribution in [3.05, 3.63) is 11.5 Å². The van der Waals surface area contributed by atoms with Crippen molar-refractivity contribution in [1.82, 2.24) is 0 Å². The maximum atomic E-state index is 12.0. The number of hydrogen-bond donors (Lipinski definition) is 2. The van der Waals surface area contributed by atoms with Crippen LogP contribution in [-0.2, 0) is 14.3 Å². The Kier molecular flexibility index (Phi) is 15.5. The number of Topliss-reactive ketones (excluding diaryl/α,β-unsaturated/α-hetero) is 1. The average molecular weight is 377 g/mol. The predicted molar refractivity (Wildman–Crippen MR) is 97.0 cm³/mol. The quantitative estimate of drug-likeness (QED) is 0.196. The summed E-state index contributed by atoms with van der Waals surface area (Å²) in [5.74, 6) is -2.94. The fourth-order valence-corrected chi connectivity index (χ4v) is 3.19. The van der Waals surface area contributed by atoms with Crippen LogP contribution in [0.5, 0.6) is 0 Å². The van der Waals surface area contributed by atoms with Gasteiger partial charge in [0.25, 0.3) is 0 Å². The number of carbonyl (C=O) groups excluding carboxylic acids is 2. The van der Waals surface area contributed by atoms with Gasteiger partial charge in [-0.05, 0) is 6.42 Å². The van der Waals surface area contributed by atoms with Gasteiger partial charge in [0, 0.05) is 6.42 Å². The van der Waals surface area contributed by atoms with Gasteiger partial charge in [0.2, 0.25) is 0 Å². The number of ether oxygens (including phenoxy) is 1. The maximum Gasteiger partial charge on any atom is 1.00 e. The minimum Gasteiger partial charge on any atom is -0.507 e. The molecule has 0 aromatic rings. The van der Waals surface area contributed by atoms with Crippen molar-refractivity contribution in [2.24, 2.45) is 5.92 Å². The molecule has 0 aromatic carbocycles. The molecule has 1 heterocycles. The Morgan fingerprint density at radius 1 is 0.923 bits per heavy atom. The molecular formula is C20H34NaO5+. The summed E-state index contributed by atoms with van der Waals surface area (Å²) in [6.07, 6.45) is 14.8. The zero-order chi connectivity index (χ0) is 18.5. The van der Waals surface area contributed by atoms with Crippen LogP contribution in [0.15, 0.2) is 11.5 Å². The summed E-state index contributed by atoms with van der Waals surface area (Å²) in [6.45, 7) is 1.67. The molecule has 0 saturated carbocycles. The standard InChI is InChI=1S/C20H34O5.Na/c1-2-3-4-5-6-7-8-9-10-11-12-13-14-16(22)18-19(23)17(15-21)25-20(18)24;/h18,21,23H,2-15H2,1H3;/q;+1. The van der Waals surface area contributed by atoms with E-state index in [1.165, 1.54) is 57.8 Å². The van der Waals surface area contributed by atoms with Crippen molar-refractivity contribution in [1.29, 1.82) is 0 Å².